The minimum atomic E-state index is -1.06. The molecule has 2 N–H and O–H groups in total. The number of nitrogens with zero attached hydrogens (tertiary/aromatic N) is 1. The summed E-state index contributed by atoms with van der Waals surface area (Å²) in [5.74, 6) is -3.58. The van der Waals surface area contributed by atoms with Gasteiger partial charge in [-0.05, 0) is 25.6 Å². The van der Waals surface area contributed by atoms with E-state index in [-0.39, 0.29) is 12.2 Å². The van der Waals surface area contributed by atoms with E-state index in [1.807, 2.05) is 0 Å². The predicted octanol–water partition coefficient (Wildman–Crippen LogP) is 1.70. The van der Waals surface area contributed by atoms with Crippen molar-refractivity contribution >= 4 is 17.6 Å². The third kappa shape index (κ3) is 4.27. The molecule has 0 fully saturated rings. The van der Waals surface area contributed by atoms with Gasteiger partial charge in [0, 0.05) is 11.8 Å². The predicted molar refractivity (Wildman–Crippen MR) is 69.3 cm³/mol. The number of hydrogen-bond donors (Lipinski definition) is 2. The van der Waals surface area contributed by atoms with Crippen molar-refractivity contribution in [2.75, 3.05) is 18.9 Å². The van der Waals surface area contributed by atoms with E-state index in [4.69, 9.17) is 5.11 Å². The molecule has 7 heteroatoms. The molecular formula is C13H16F2N2O3. The molecule has 0 radical (unpaired) electrons. The average molecular weight is 286 g/mol. The van der Waals surface area contributed by atoms with Crippen molar-refractivity contribution in [1.82, 2.24) is 4.90 Å². The van der Waals surface area contributed by atoms with Gasteiger partial charge in [0.25, 0.3) is 0 Å². The first kappa shape index (κ1) is 16.0. The van der Waals surface area contributed by atoms with Gasteiger partial charge in [-0.3, -0.25) is 14.5 Å². The lowest BCUT2D eigenvalue weighted by molar-refractivity contribution is -0.143. The number of carboxylic acid groups (broad SMARTS) is 1. The van der Waals surface area contributed by atoms with E-state index in [9.17, 15) is 18.4 Å². The Balaban J connectivity index is 2.63. The molecule has 0 aliphatic carbocycles. The Hall–Kier alpha value is -2.02. The molecule has 1 amide bonds. The highest BCUT2D eigenvalue weighted by Gasteiger charge is 2.22. The molecule has 0 aliphatic rings. The van der Waals surface area contributed by atoms with Crippen LogP contribution in [-0.2, 0) is 9.59 Å². The first-order chi connectivity index (χ1) is 9.35. The Kier molecular flexibility index (Phi) is 5.57. The summed E-state index contributed by atoms with van der Waals surface area (Å²) >= 11 is 0. The summed E-state index contributed by atoms with van der Waals surface area (Å²) in [7, 11) is 1.51. The van der Waals surface area contributed by atoms with Crippen LogP contribution in [0.3, 0.4) is 0 Å². The number of anilines is 1. The number of rotatable bonds is 6. The maximum absolute atomic E-state index is 13.0. The van der Waals surface area contributed by atoms with Crippen molar-refractivity contribution in [1.29, 1.82) is 0 Å². The van der Waals surface area contributed by atoms with E-state index >= 15 is 0 Å². The second kappa shape index (κ2) is 6.95. The minimum Gasteiger partial charge on any atom is -0.480 e. The summed E-state index contributed by atoms with van der Waals surface area (Å²) in [6.07, 6.45) is 0.351. The van der Waals surface area contributed by atoms with Gasteiger partial charge in [0.05, 0.1) is 6.54 Å². The van der Waals surface area contributed by atoms with Crippen LogP contribution in [0.5, 0.6) is 0 Å². The van der Waals surface area contributed by atoms with Gasteiger partial charge < -0.3 is 10.4 Å². The Bertz CT molecular complexity index is 508. The zero-order chi connectivity index (χ0) is 15.3. The number of carbonyl (C=O) groups excluding carboxylic acids is 1. The van der Waals surface area contributed by atoms with Gasteiger partial charge in [0.2, 0.25) is 5.91 Å². The zero-order valence-electron chi connectivity index (χ0n) is 11.2. The number of hydrogen-bond acceptors (Lipinski definition) is 3. The molecule has 1 aromatic rings. The van der Waals surface area contributed by atoms with Crippen molar-refractivity contribution in [2.45, 2.75) is 19.4 Å². The molecule has 0 aliphatic heterocycles. The van der Waals surface area contributed by atoms with Crippen LogP contribution in [0, 0.1) is 11.6 Å². The first-order valence-corrected chi connectivity index (χ1v) is 6.03. The molecule has 110 valence electrons. The van der Waals surface area contributed by atoms with E-state index in [1.54, 1.807) is 6.92 Å². The number of halogens is 2. The number of amides is 1. The summed E-state index contributed by atoms with van der Waals surface area (Å²) < 4.78 is 25.7. The SMILES string of the molecule is CCC(C(=O)O)N(C)CC(=O)Nc1ccc(F)c(F)c1. The smallest absolute Gasteiger partial charge is 0.320 e. The van der Waals surface area contributed by atoms with Crippen LogP contribution in [0.2, 0.25) is 0 Å². The third-order valence-electron chi connectivity index (χ3n) is 2.80. The van der Waals surface area contributed by atoms with Crippen molar-refractivity contribution in [3.63, 3.8) is 0 Å². The summed E-state index contributed by atoms with van der Waals surface area (Å²) in [6, 6.07) is 2.22. The molecule has 5 nitrogen and oxygen atoms in total. The topological polar surface area (TPSA) is 69.6 Å². The van der Waals surface area contributed by atoms with Crippen LogP contribution in [0.4, 0.5) is 14.5 Å². The highest BCUT2D eigenvalue weighted by molar-refractivity contribution is 5.92. The Labute approximate surface area is 115 Å². The lowest BCUT2D eigenvalue weighted by Gasteiger charge is -2.22. The van der Waals surface area contributed by atoms with Gasteiger partial charge in [-0.25, -0.2) is 8.78 Å². The van der Waals surface area contributed by atoms with Gasteiger partial charge >= 0.3 is 5.97 Å². The van der Waals surface area contributed by atoms with E-state index in [1.165, 1.54) is 18.0 Å². The maximum atomic E-state index is 13.0. The molecule has 0 spiro atoms. The van der Waals surface area contributed by atoms with Gasteiger partial charge in [0.1, 0.15) is 6.04 Å². The molecule has 0 heterocycles. The third-order valence-corrected chi connectivity index (χ3v) is 2.80. The van der Waals surface area contributed by atoms with Crippen molar-refractivity contribution < 1.29 is 23.5 Å². The van der Waals surface area contributed by atoms with Crippen molar-refractivity contribution in [2.24, 2.45) is 0 Å². The number of carboxylic acids is 1. The number of nitrogens with one attached hydrogen (secondary N) is 1. The summed E-state index contributed by atoms with van der Waals surface area (Å²) in [5.41, 5.74) is 0.116. The van der Waals surface area contributed by atoms with Crippen LogP contribution in [0.25, 0.3) is 0 Å². The van der Waals surface area contributed by atoms with Crippen LogP contribution >= 0.6 is 0 Å². The van der Waals surface area contributed by atoms with Crippen molar-refractivity contribution in [3.05, 3.63) is 29.8 Å². The summed E-state index contributed by atoms with van der Waals surface area (Å²) in [6.45, 7) is 1.53. The number of benzene rings is 1. The van der Waals surface area contributed by atoms with Gasteiger partial charge in [-0.15, -0.1) is 0 Å². The van der Waals surface area contributed by atoms with Crippen molar-refractivity contribution in [3.8, 4) is 0 Å². The Morgan fingerprint density at radius 2 is 2.00 bits per heavy atom. The average Bonchev–Trinajstić information content (AvgIpc) is 2.34. The fraction of sp³-hybridized carbons (Fsp3) is 0.385. The monoisotopic (exact) mass is 286 g/mol. The van der Waals surface area contributed by atoms with E-state index < -0.39 is 29.6 Å². The van der Waals surface area contributed by atoms with E-state index in [0.29, 0.717) is 6.42 Å². The fourth-order valence-corrected chi connectivity index (χ4v) is 1.79. The lowest BCUT2D eigenvalue weighted by Crippen LogP contribution is -2.42. The normalized spacial score (nSPS) is 12.2. The molecule has 0 saturated carbocycles. The molecule has 1 atom stereocenters. The summed E-state index contributed by atoms with van der Waals surface area (Å²) in [4.78, 5) is 24.0. The zero-order valence-corrected chi connectivity index (χ0v) is 11.2. The molecule has 20 heavy (non-hydrogen) atoms. The largest absolute Gasteiger partial charge is 0.480 e. The number of aliphatic carboxylic acids is 1. The van der Waals surface area contributed by atoms with Gasteiger partial charge in [0.15, 0.2) is 11.6 Å². The highest BCUT2D eigenvalue weighted by Crippen LogP contribution is 2.13. The highest BCUT2D eigenvalue weighted by atomic mass is 19.2. The Morgan fingerprint density at radius 1 is 1.35 bits per heavy atom. The minimum absolute atomic E-state index is 0.116. The maximum Gasteiger partial charge on any atom is 0.320 e. The second-order valence-corrected chi connectivity index (χ2v) is 4.35. The number of likely N-dealkylation sites (N-methyl/N-ethyl adjacent to an activating group) is 1. The molecule has 0 saturated heterocycles. The molecule has 1 rings (SSSR count). The Morgan fingerprint density at radius 3 is 2.50 bits per heavy atom. The molecule has 1 unspecified atom stereocenters. The molecule has 0 bridgehead atoms. The fourth-order valence-electron chi connectivity index (χ4n) is 1.79. The summed E-state index contributed by atoms with van der Waals surface area (Å²) in [5, 5.41) is 11.3. The quantitative estimate of drug-likeness (QED) is 0.835. The van der Waals surface area contributed by atoms with Crippen LogP contribution in [0.15, 0.2) is 18.2 Å². The van der Waals surface area contributed by atoms with E-state index in [2.05, 4.69) is 5.32 Å². The number of carbonyl (C=O) groups is 2. The van der Waals surface area contributed by atoms with Gasteiger partial charge in [-0.1, -0.05) is 6.92 Å². The molecular weight excluding hydrogens is 270 g/mol. The molecule has 0 aromatic heterocycles. The van der Waals surface area contributed by atoms with Crippen LogP contribution in [0.1, 0.15) is 13.3 Å². The van der Waals surface area contributed by atoms with Crippen LogP contribution < -0.4 is 5.32 Å². The van der Waals surface area contributed by atoms with E-state index in [0.717, 1.165) is 12.1 Å². The van der Waals surface area contributed by atoms with Crippen LogP contribution in [-0.4, -0.2) is 41.5 Å². The first-order valence-electron chi connectivity index (χ1n) is 6.03. The lowest BCUT2D eigenvalue weighted by atomic mass is 10.2. The second-order valence-electron chi connectivity index (χ2n) is 4.35. The van der Waals surface area contributed by atoms with Gasteiger partial charge in [-0.2, -0.15) is 0 Å². The standard InChI is InChI=1S/C13H16F2N2O3/c1-3-11(13(19)20)17(2)7-12(18)16-8-4-5-9(14)10(15)6-8/h4-6,11H,3,7H2,1-2H3,(H,16,18)(H,19,20). The molecule has 1 aromatic carbocycles.